The van der Waals surface area contributed by atoms with Crippen molar-refractivity contribution >= 4 is 28.4 Å². The van der Waals surface area contributed by atoms with Crippen LogP contribution in [0.1, 0.15) is 28.7 Å². The molecule has 0 aliphatic heterocycles. The smallest absolute Gasteiger partial charge is 0.342 e. The van der Waals surface area contributed by atoms with Crippen LogP contribution in [-0.4, -0.2) is 34.2 Å². The molecular weight excluding hydrogens is 406 g/mol. The number of furan rings is 1. The van der Waals surface area contributed by atoms with E-state index in [1.807, 2.05) is 29.6 Å². The third-order valence-electron chi connectivity index (χ3n) is 4.56. The van der Waals surface area contributed by atoms with Crippen LogP contribution in [0.2, 0.25) is 0 Å². The molecule has 0 bridgehead atoms. The first-order chi connectivity index (χ1) is 14.5. The molecule has 4 aromatic rings. The van der Waals surface area contributed by atoms with Crippen molar-refractivity contribution < 1.29 is 18.7 Å². The molecule has 0 atom stereocenters. The van der Waals surface area contributed by atoms with E-state index < -0.39 is 5.97 Å². The van der Waals surface area contributed by atoms with Gasteiger partial charge in [0.25, 0.3) is 5.56 Å². The number of carbonyl (C=O) groups excluding carboxylic acids is 1. The van der Waals surface area contributed by atoms with Crippen LogP contribution >= 0.6 is 11.3 Å². The fourth-order valence-electron chi connectivity index (χ4n) is 3.12. The molecule has 0 unspecified atom stereocenters. The quantitative estimate of drug-likeness (QED) is 0.435. The van der Waals surface area contributed by atoms with E-state index in [2.05, 4.69) is 9.97 Å². The number of aryl methyl sites for hydroxylation is 1. The Morgan fingerprint density at radius 3 is 2.73 bits per heavy atom. The minimum absolute atomic E-state index is 0.119. The van der Waals surface area contributed by atoms with Gasteiger partial charge < -0.3 is 13.9 Å². The first kappa shape index (κ1) is 19.8. The van der Waals surface area contributed by atoms with Crippen molar-refractivity contribution in [2.75, 3.05) is 13.7 Å². The van der Waals surface area contributed by atoms with Gasteiger partial charge in [0.15, 0.2) is 0 Å². The van der Waals surface area contributed by atoms with Gasteiger partial charge in [0.2, 0.25) is 5.71 Å². The number of hydrogen-bond acceptors (Lipinski definition) is 8. The lowest BCUT2D eigenvalue weighted by molar-refractivity contribution is 0.0526. The van der Waals surface area contributed by atoms with Gasteiger partial charge in [-0.1, -0.05) is 0 Å². The Morgan fingerprint density at radius 2 is 2.03 bits per heavy atom. The molecule has 3 aromatic heterocycles. The lowest BCUT2D eigenvalue weighted by Gasteiger charge is -2.04. The third kappa shape index (κ3) is 3.59. The third-order valence-corrected chi connectivity index (χ3v) is 5.50. The molecule has 0 radical (unpaired) electrons. The van der Waals surface area contributed by atoms with Crippen LogP contribution in [0.15, 0.2) is 45.2 Å². The highest BCUT2D eigenvalue weighted by Gasteiger charge is 2.24. The number of fused-ring (bicyclic) bond motifs is 1. The minimum atomic E-state index is -0.596. The molecule has 0 saturated carbocycles. The number of nitrogens with zero attached hydrogens (tertiary/aromatic N) is 3. The lowest BCUT2D eigenvalue weighted by Crippen LogP contribution is -2.22. The zero-order valence-corrected chi connectivity index (χ0v) is 17.5. The second-order valence-electron chi connectivity index (χ2n) is 6.48. The van der Waals surface area contributed by atoms with E-state index in [1.54, 1.807) is 21.0 Å². The number of rotatable bonds is 6. The van der Waals surface area contributed by atoms with Crippen molar-refractivity contribution in [3.8, 4) is 16.3 Å². The van der Waals surface area contributed by atoms with Crippen molar-refractivity contribution in [2.45, 2.75) is 20.4 Å². The predicted octanol–water partition coefficient (Wildman–Crippen LogP) is 3.66. The highest BCUT2D eigenvalue weighted by molar-refractivity contribution is 7.13. The standard InChI is InChI=1S/C21H19N3O5S/c1-4-28-21(26)16-12(2)29-18-17(16)20(25)24(11-22-18)9-14-10-30-19(23-14)13-5-7-15(27-3)8-6-13/h5-8,10-11H,4,9H2,1-3H3. The van der Waals surface area contributed by atoms with Gasteiger partial charge in [0.1, 0.15) is 33.8 Å². The van der Waals surface area contributed by atoms with Crippen molar-refractivity contribution in [3.05, 3.63) is 63.3 Å². The van der Waals surface area contributed by atoms with Crippen molar-refractivity contribution in [2.24, 2.45) is 0 Å². The predicted molar refractivity (Wildman–Crippen MR) is 112 cm³/mol. The summed E-state index contributed by atoms with van der Waals surface area (Å²) in [4.78, 5) is 34.1. The normalized spacial score (nSPS) is 11.0. The van der Waals surface area contributed by atoms with Crippen LogP contribution < -0.4 is 10.3 Å². The highest BCUT2D eigenvalue weighted by atomic mass is 32.1. The van der Waals surface area contributed by atoms with Gasteiger partial charge in [-0.05, 0) is 38.1 Å². The Bertz CT molecular complexity index is 1270. The largest absolute Gasteiger partial charge is 0.497 e. The molecule has 0 amide bonds. The second kappa shape index (κ2) is 8.11. The topological polar surface area (TPSA) is 96.4 Å². The summed E-state index contributed by atoms with van der Waals surface area (Å²) in [5.41, 5.74) is 1.54. The van der Waals surface area contributed by atoms with Gasteiger partial charge in [-0.2, -0.15) is 0 Å². The van der Waals surface area contributed by atoms with E-state index >= 15 is 0 Å². The molecular formula is C21H19N3O5S. The van der Waals surface area contributed by atoms with Crippen LogP contribution in [0, 0.1) is 6.92 Å². The number of benzene rings is 1. The van der Waals surface area contributed by atoms with E-state index in [1.165, 1.54) is 22.2 Å². The average Bonchev–Trinajstić information content (AvgIpc) is 3.34. The van der Waals surface area contributed by atoms with Gasteiger partial charge in [0, 0.05) is 10.9 Å². The van der Waals surface area contributed by atoms with Crippen LogP contribution in [0.3, 0.4) is 0 Å². The Hall–Kier alpha value is -3.46. The van der Waals surface area contributed by atoms with Crippen molar-refractivity contribution in [1.82, 2.24) is 14.5 Å². The summed E-state index contributed by atoms with van der Waals surface area (Å²) in [6, 6.07) is 7.61. The molecule has 30 heavy (non-hydrogen) atoms. The van der Waals surface area contributed by atoms with Crippen LogP contribution in [-0.2, 0) is 11.3 Å². The summed E-state index contributed by atoms with van der Waals surface area (Å²) in [7, 11) is 1.62. The number of hydrogen-bond donors (Lipinski definition) is 0. The number of ether oxygens (including phenoxy) is 2. The molecule has 0 spiro atoms. The molecule has 0 aliphatic rings. The number of thiazole rings is 1. The summed E-state index contributed by atoms with van der Waals surface area (Å²) >= 11 is 1.48. The number of carbonyl (C=O) groups is 1. The van der Waals surface area contributed by atoms with Crippen molar-refractivity contribution in [3.63, 3.8) is 0 Å². The summed E-state index contributed by atoms with van der Waals surface area (Å²) in [6.07, 6.45) is 1.40. The summed E-state index contributed by atoms with van der Waals surface area (Å²) in [6.45, 7) is 3.74. The van der Waals surface area contributed by atoms with Gasteiger partial charge >= 0.3 is 5.97 Å². The number of aromatic nitrogens is 3. The van der Waals surface area contributed by atoms with E-state index in [4.69, 9.17) is 13.9 Å². The molecule has 3 heterocycles. The van der Waals surface area contributed by atoms with Crippen LogP contribution in [0.4, 0.5) is 0 Å². The maximum atomic E-state index is 13.0. The highest BCUT2D eigenvalue weighted by Crippen LogP contribution is 2.26. The van der Waals surface area contributed by atoms with Gasteiger partial charge in [0.05, 0.1) is 26.0 Å². The first-order valence-electron chi connectivity index (χ1n) is 9.26. The van der Waals surface area contributed by atoms with E-state index in [0.29, 0.717) is 11.5 Å². The van der Waals surface area contributed by atoms with E-state index in [0.717, 1.165) is 16.3 Å². The number of methoxy groups -OCH3 is 1. The molecule has 0 saturated heterocycles. The number of esters is 1. The minimum Gasteiger partial charge on any atom is -0.497 e. The van der Waals surface area contributed by atoms with Crippen LogP contribution in [0.5, 0.6) is 5.75 Å². The Balaban J connectivity index is 1.67. The average molecular weight is 425 g/mol. The van der Waals surface area contributed by atoms with E-state index in [9.17, 15) is 9.59 Å². The molecule has 1 aromatic carbocycles. The molecule has 154 valence electrons. The Kier molecular flexibility index (Phi) is 5.37. The maximum Gasteiger partial charge on any atom is 0.342 e. The zero-order valence-electron chi connectivity index (χ0n) is 16.7. The molecule has 4 rings (SSSR count). The monoisotopic (exact) mass is 425 g/mol. The summed E-state index contributed by atoms with van der Waals surface area (Å²) < 4.78 is 17.1. The Labute approximate surface area is 175 Å². The molecule has 8 nitrogen and oxygen atoms in total. The van der Waals surface area contributed by atoms with Crippen LogP contribution in [0.25, 0.3) is 21.7 Å². The van der Waals surface area contributed by atoms with Crippen molar-refractivity contribution in [1.29, 1.82) is 0 Å². The molecule has 0 N–H and O–H groups in total. The Morgan fingerprint density at radius 1 is 1.27 bits per heavy atom. The van der Waals surface area contributed by atoms with Gasteiger partial charge in [-0.3, -0.25) is 9.36 Å². The summed E-state index contributed by atoms with van der Waals surface area (Å²) in [5, 5.41) is 2.85. The molecule has 9 heteroatoms. The lowest BCUT2D eigenvalue weighted by atomic mass is 10.2. The summed E-state index contributed by atoms with van der Waals surface area (Å²) in [5.74, 6) is 0.483. The van der Waals surface area contributed by atoms with Gasteiger partial charge in [-0.25, -0.2) is 14.8 Å². The second-order valence-corrected chi connectivity index (χ2v) is 7.34. The first-order valence-corrected chi connectivity index (χ1v) is 10.1. The van der Waals surface area contributed by atoms with E-state index in [-0.39, 0.29) is 35.4 Å². The van der Waals surface area contributed by atoms with Gasteiger partial charge in [-0.15, -0.1) is 11.3 Å². The molecule has 0 fully saturated rings. The SMILES string of the molecule is CCOC(=O)c1c(C)oc2ncn(Cc3csc(-c4ccc(OC)cc4)n3)c(=O)c12. The maximum absolute atomic E-state index is 13.0. The fourth-order valence-corrected chi connectivity index (χ4v) is 3.94. The fraction of sp³-hybridized carbons (Fsp3) is 0.238. The zero-order chi connectivity index (χ0) is 21.3. The molecule has 0 aliphatic carbocycles.